The minimum absolute atomic E-state index is 0.0126. The molecule has 0 bridgehead atoms. The molecule has 156 valence electrons. The standard InChI is InChI=1S/C21H20N8O2/c1-22-19(31)18-5-3-15(12-25-18)27-21-23-7-6-17(29-21)13-2-4-16-14(10-13)11-26-20(28-16)24-8-9-30/h2-7,10-12,30H,8-9H2,1H3,(H,22,31)(H,23,27,29)(H,24,26,28). The number of aromatic nitrogens is 5. The number of aliphatic hydroxyl groups is 1. The molecular formula is C21H20N8O2. The molecule has 0 unspecified atom stereocenters. The molecular weight excluding hydrogens is 396 g/mol. The van der Waals surface area contributed by atoms with E-state index in [4.69, 9.17) is 5.11 Å². The summed E-state index contributed by atoms with van der Waals surface area (Å²) in [6, 6.07) is 11.0. The molecule has 1 aromatic carbocycles. The number of aliphatic hydroxyl groups excluding tert-OH is 1. The zero-order chi connectivity index (χ0) is 21.6. The van der Waals surface area contributed by atoms with Crippen LogP contribution in [0.2, 0.25) is 0 Å². The van der Waals surface area contributed by atoms with Crippen LogP contribution in [0.5, 0.6) is 0 Å². The molecule has 1 amide bonds. The van der Waals surface area contributed by atoms with Crippen molar-refractivity contribution in [2.45, 2.75) is 0 Å². The van der Waals surface area contributed by atoms with Crippen molar-refractivity contribution in [3.05, 3.63) is 60.7 Å². The van der Waals surface area contributed by atoms with Crippen LogP contribution in [-0.4, -0.2) is 56.1 Å². The lowest BCUT2D eigenvalue weighted by molar-refractivity contribution is 0.0958. The zero-order valence-electron chi connectivity index (χ0n) is 16.7. The molecule has 0 aliphatic heterocycles. The first-order valence-electron chi connectivity index (χ1n) is 9.56. The number of anilines is 3. The Kier molecular flexibility index (Phi) is 5.90. The Hall–Kier alpha value is -4.18. The van der Waals surface area contributed by atoms with Crippen LogP contribution in [0.15, 0.2) is 55.0 Å². The van der Waals surface area contributed by atoms with E-state index in [1.54, 1.807) is 37.8 Å². The molecule has 0 aliphatic carbocycles. The molecule has 4 N–H and O–H groups in total. The van der Waals surface area contributed by atoms with Gasteiger partial charge in [-0.15, -0.1) is 0 Å². The minimum Gasteiger partial charge on any atom is -0.395 e. The van der Waals surface area contributed by atoms with Crippen molar-refractivity contribution in [2.24, 2.45) is 0 Å². The molecule has 10 nitrogen and oxygen atoms in total. The van der Waals surface area contributed by atoms with Crippen molar-refractivity contribution < 1.29 is 9.90 Å². The van der Waals surface area contributed by atoms with Gasteiger partial charge in [-0.25, -0.2) is 24.9 Å². The molecule has 0 spiro atoms. The SMILES string of the molecule is CNC(=O)c1ccc(Nc2nccc(-c3ccc4nc(NCCO)ncc4c3)n2)cn1. The Morgan fingerprint density at radius 2 is 1.90 bits per heavy atom. The van der Waals surface area contributed by atoms with Gasteiger partial charge < -0.3 is 21.1 Å². The molecule has 4 aromatic rings. The molecule has 3 heterocycles. The lowest BCUT2D eigenvalue weighted by atomic mass is 10.1. The topological polar surface area (TPSA) is 138 Å². The summed E-state index contributed by atoms with van der Waals surface area (Å²) in [6.07, 6.45) is 4.95. The first-order chi connectivity index (χ1) is 15.2. The van der Waals surface area contributed by atoms with Crippen molar-refractivity contribution in [2.75, 3.05) is 30.8 Å². The highest BCUT2D eigenvalue weighted by atomic mass is 16.3. The number of amides is 1. The van der Waals surface area contributed by atoms with Gasteiger partial charge in [-0.3, -0.25) is 4.79 Å². The second-order valence-corrected chi connectivity index (χ2v) is 6.52. The number of nitrogens with zero attached hydrogens (tertiary/aromatic N) is 5. The summed E-state index contributed by atoms with van der Waals surface area (Å²) in [5.74, 6) is 0.632. The Morgan fingerprint density at radius 1 is 1.00 bits per heavy atom. The average Bonchev–Trinajstić information content (AvgIpc) is 2.82. The van der Waals surface area contributed by atoms with E-state index in [1.165, 1.54) is 0 Å². The van der Waals surface area contributed by atoms with Gasteiger partial charge in [-0.2, -0.15) is 0 Å². The van der Waals surface area contributed by atoms with E-state index in [9.17, 15) is 4.79 Å². The monoisotopic (exact) mass is 416 g/mol. The molecule has 0 saturated heterocycles. The predicted octanol–water partition coefficient (Wildman–Crippen LogP) is 1.99. The Balaban J connectivity index is 1.54. The van der Waals surface area contributed by atoms with Gasteiger partial charge >= 0.3 is 0 Å². The van der Waals surface area contributed by atoms with Crippen molar-refractivity contribution in [3.63, 3.8) is 0 Å². The van der Waals surface area contributed by atoms with E-state index in [2.05, 4.69) is 40.9 Å². The summed E-state index contributed by atoms with van der Waals surface area (Å²) < 4.78 is 0. The number of pyridine rings is 1. The Labute approximate surface area is 177 Å². The summed E-state index contributed by atoms with van der Waals surface area (Å²) in [6.45, 7) is 0.406. The lowest BCUT2D eigenvalue weighted by Crippen LogP contribution is -2.18. The molecule has 0 aliphatic rings. The van der Waals surface area contributed by atoms with Crippen LogP contribution >= 0.6 is 0 Å². The van der Waals surface area contributed by atoms with Crippen LogP contribution in [-0.2, 0) is 0 Å². The number of carbonyl (C=O) groups is 1. The minimum atomic E-state index is -0.249. The lowest BCUT2D eigenvalue weighted by Gasteiger charge is -2.08. The molecule has 0 radical (unpaired) electrons. The van der Waals surface area contributed by atoms with E-state index in [-0.39, 0.29) is 12.5 Å². The Morgan fingerprint density at radius 3 is 2.68 bits per heavy atom. The summed E-state index contributed by atoms with van der Waals surface area (Å²) in [7, 11) is 1.56. The van der Waals surface area contributed by atoms with Gasteiger partial charge in [0.1, 0.15) is 5.69 Å². The highest BCUT2D eigenvalue weighted by molar-refractivity contribution is 5.92. The third-order valence-corrected chi connectivity index (χ3v) is 4.41. The van der Waals surface area contributed by atoms with Crippen LogP contribution in [0.4, 0.5) is 17.6 Å². The summed E-state index contributed by atoms with van der Waals surface area (Å²) >= 11 is 0. The van der Waals surface area contributed by atoms with Gasteiger partial charge in [0, 0.05) is 36.9 Å². The normalized spacial score (nSPS) is 10.6. The first kappa shape index (κ1) is 20.1. The number of fused-ring (bicyclic) bond motifs is 1. The third-order valence-electron chi connectivity index (χ3n) is 4.41. The number of hydrogen-bond donors (Lipinski definition) is 4. The quantitative estimate of drug-likeness (QED) is 0.356. The van der Waals surface area contributed by atoms with Gasteiger partial charge in [0.25, 0.3) is 5.91 Å². The second-order valence-electron chi connectivity index (χ2n) is 6.52. The number of benzene rings is 1. The highest BCUT2D eigenvalue weighted by Gasteiger charge is 2.08. The van der Waals surface area contributed by atoms with Gasteiger partial charge in [-0.1, -0.05) is 6.07 Å². The summed E-state index contributed by atoms with van der Waals surface area (Å²) in [5.41, 5.74) is 3.41. The smallest absolute Gasteiger partial charge is 0.269 e. The number of hydrogen-bond acceptors (Lipinski definition) is 9. The van der Waals surface area contributed by atoms with E-state index < -0.39 is 0 Å². The fourth-order valence-corrected chi connectivity index (χ4v) is 2.88. The molecule has 0 saturated carbocycles. The van der Waals surface area contributed by atoms with Crippen LogP contribution in [0.1, 0.15) is 10.5 Å². The van der Waals surface area contributed by atoms with Crippen LogP contribution in [0.25, 0.3) is 22.2 Å². The molecule has 31 heavy (non-hydrogen) atoms. The van der Waals surface area contributed by atoms with Gasteiger partial charge in [0.2, 0.25) is 11.9 Å². The van der Waals surface area contributed by atoms with E-state index in [0.29, 0.717) is 29.8 Å². The molecule has 4 rings (SSSR count). The number of nitrogens with one attached hydrogen (secondary N) is 3. The first-order valence-corrected chi connectivity index (χ1v) is 9.56. The third kappa shape index (κ3) is 4.70. The molecule has 0 fully saturated rings. The summed E-state index contributed by atoms with van der Waals surface area (Å²) in [5, 5.41) is 18.4. The maximum atomic E-state index is 11.6. The molecule has 3 aromatic heterocycles. The fourth-order valence-electron chi connectivity index (χ4n) is 2.88. The fraction of sp³-hybridized carbons (Fsp3) is 0.143. The highest BCUT2D eigenvalue weighted by Crippen LogP contribution is 2.23. The van der Waals surface area contributed by atoms with Crippen molar-refractivity contribution in [1.29, 1.82) is 0 Å². The number of carbonyl (C=O) groups excluding carboxylic acids is 1. The van der Waals surface area contributed by atoms with E-state index in [0.717, 1.165) is 22.2 Å². The van der Waals surface area contributed by atoms with Crippen LogP contribution in [0, 0.1) is 0 Å². The van der Waals surface area contributed by atoms with Gasteiger partial charge in [-0.05, 0) is 30.3 Å². The van der Waals surface area contributed by atoms with Crippen LogP contribution < -0.4 is 16.0 Å². The van der Waals surface area contributed by atoms with E-state index >= 15 is 0 Å². The number of rotatable bonds is 7. The predicted molar refractivity (Wildman–Crippen MR) is 117 cm³/mol. The van der Waals surface area contributed by atoms with Crippen molar-refractivity contribution >= 4 is 34.4 Å². The van der Waals surface area contributed by atoms with Crippen molar-refractivity contribution in [3.8, 4) is 11.3 Å². The van der Waals surface area contributed by atoms with Gasteiger partial charge in [0.05, 0.1) is 29.7 Å². The van der Waals surface area contributed by atoms with Crippen molar-refractivity contribution in [1.82, 2.24) is 30.2 Å². The maximum Gasteiger partial charge on any atom is 0.269 e. The second kappa shape index (κ2) is 9.09. The Bertz CT molecular complexity index is 1210. The maximum absolute atomic E-state index is 11.6. The average molecular weight is 416 g/mol. The zero-order valence-corrected chi connectivity index (χ0v) is 16.7. The molecule has 0 atom stereocenters. The summed E-state index contributed by atoms with van der Waals surface area (Å²) in [4.78, 5) is 33.2. The molecule has 10 heteroatoms. The largest absolute Gasteiger partial charge is 0.395 e. The van der Waals surface area contributed by atoms with Crippen LogP contribution in [0.3, 0.4) is 0 Å². The van der Waals surface area contributed by atoms with E-state index in [1.807, 2.05) is 24.3 Å². The van der Waals surface area contributed by atoms with Gasteiger partial charge in [0.15, 0.2) is 0 Å².